The van der Waals surface area contributed by atoms with Gasteiger partial charge in [0.05, 0.1) is 6.07 Å². The van der Waals surface area contributed by atoms with Crippen LogP contribution in [0.2, 0.25) is 0 Å². The van der Waals surface area contributed by atoms with Crippen LogP contribution in [0, 0.1) is 11.3 Å². The van der Waals surface area contributed by atoms with E-state index in [9.17, 15) is 10.1 Å². The predicted octanol–water partition coefficient (Wildman–Crippen LogP) is 3.11. The number of carbonyl (C=O) groups excluding carboxylic acids is 1. The first kappa shape index (κ1) is 14.9. The van der Waals surface area contributed by atoms with Gasteiger partial charge in [-0.2, -0.15) is 5.26 Å². The van der Waals surface area contributed by atoms with Gasteiger partial charge in [-0.1, -0.05) is 19.1 Å². The van der Waals surface area contributed by atoms with E-state index in [0.717, 1.165) is 24.8 Å². The number of aryl methyl sites for hydroxylation is 1. The first-order valence-electron chi connectivity index (χ1n) is 6.99. The summed E-state index contributed by atoms with van der Waals surface area (Å²) in [5.74, 6) is 0.0836. The number of likely N-dealkylation sites (tertiary alicyclic amines) is 1. The van der Waals surface area contributed by atoms with Crippen molar-refractivity contribution in [2.24, 2.45) is 0 Å². The lowest BCUT2D eigenvalue weighted by Gasteiger charge is -2.36. The quantitative estimate of drug-likeness (QED) is 0.858. The summed E-state index contributed by atoms with van der Waals surface area (Å²) in [5.41, 5.74) is 1.99. The molecule has 1 amide bonds. The maximum atomic E-state index is 12.4. The molecule has 0 aliphatic carbocycles. The molecule has 1 heterocycles. The summed E-state index contributed by atoms with van der Waals surface area (Å²) in [6.45, 7) is 3.44. The largest absolute Gasteiger partial charge is 0.338 e. The lowest BCUT2D eigenvalue weighted by molar-refractivity contribution is 0.0716. The van der Waals surface area contributed by atoms with Crippen LogP contribution in [0.4, 0.5) is 0 Å². The van der Waals surface area contributed by atoms with E-state index in [0.29, 0.717) is 13.1 Å². The standard InChI is InChI=1S/C16H20N2OS/c1-3-13-4-6-14(7-5-13)15(19)18-10-8-16(12-17,20-2)9-11-18/h4-7H,3,8-11H2,1-2H3. The number of hydrogen-bond acceptors (Lipinski definition) is 3. The maximum absolute atomic E-state index is 12.4. The number of nitrogens with zero attached hydrogens (tertiary/aromatic N) is 2. The van der Waals surface area contributed by atoms with E-state index >= 15 is 0 Å². The molecule has 0 aromatic heterocycles. The molecule has 106 valence electrons. The van der Waals surface area contributed by atoms with Crippen LogP contribution in [0.5, 0.6) is 0 Å². The number of carbonyl (C=O) groups is 1. The Balaban J connectivity index is 2.03. The number of piperidine rings is 1. The van der Waals surface area contributed by atoms with Gasteiger partial charge in [-0.05, 0) is 43.2 Å². The molecule has 1 aliphatic rings. The normalized spacial score (nSPS) is 17.6. The van der Waals surface area contributed by atoms with Crippen LogP contribution in [0.25, 0.3) is 0 Å². The van der Waals surface area contributed by atoms with Gasteiger partial charge in [0.1, 0.15) is 4.75 Å². The van der Waals surface area contributed by atoms with Gasteiger partial charge in [-0.15, -0.1) is 11.8 Å². The van der Waals surface area contributed by atoms with E-state index < -0.39 is 0 Å². The third-order valence-corrected chi connectivity index (χ3v) is 5.34. The van der Waals surface area contributed by atoms with Crippen LogP contribution in [-0.2, 0) is 6.42 Å². The zero-order chi connectivity index (χ0) is 14.6. The molecule has 1 saturated heterocycles. The second kappa shape index (κ2) is 6.32. The van der Waals surface area contributed by atoms with Crippen molar-refractivity contribution in [3.05, 3.63) is 35.4 Å². The van der Waals surface area contributed by atoms with E-state index in [1.165, 1.54) is 5.56 Å². The summed E-state index contributed by atoms with van der Waals surface area (Å²) < 4.78 is -0.303. The summed E-state index contributed by atoms with van der Waals surface area (Å²) in [6.07, 6.45) is 4.47. The summed E-state index contributed by atoms with van der Waals surface area (Å²) in [6, 6.07) is 10.2. The van der Waals surface area contributed by atoms with Crippen LogP contribution < -0.4 is 0 Å². The van der Waals surface area contributed by atoms with Crippen molar-refractivity contribution in [1.82, 2.24) is 4.90 Å². The Morgan fingerprint density at radius 2 is 1.95 bits per heavy atom. The second-order valence-corrected chi connectivity index (χ2v) is 6.34. The van der Waals surface area contributed by atoms with Gasteiger partial charge in [0.2, 0.25) is 0 Å². The van der Waals surface area contributed by atoms with E-state index in [2.05, 4.69) is 13.0 Å². The van der Waals surface area contributed by atoms with Crippen LogP contribution in [0.3, 0.4) is 0 Å². The number of nitriles is 1. The molecule has 1 fully saturated rings. The van der Waals surface area contributed by atoms with Crippen LogP contribution in [-0.4, -0.2) is 34.9 Å². The molecule has 1 aliphatic heterocycles. The Morgan fingerprint density at radius 1 is 1.35 bits per heavy atom. The van der Waals surface area contributed by atoms with Crippen molar-refractivity contribution < 1.29 is 4.79 Å². The molecule has 20 heavy (non-hydrogen) atoms. The van der Waals surface area contributed by atoms with Crippen molar-refractivity contribution in [1.29, 1.82) is 5.26 Å². The van der Waals surface area contributed by atoms with Crippen molar-refractivity contribution in [2.45, 2.75) is 30.9 Å². The lowest BCUT2D eigenvalue weighted by Crippen LogP contribution is -2.44. The Labute approximate surface area is 125 Å². The van der Waals surface area contributed by atoms with Crippen LogP contribution in [0.1, 0.15) is 35.7 Å². The molecular formula is C16H20N2OS. The van der Waals surface area contributed by atoms with Crippen molar-refractivity contribution in [3.8, 4) is 6.07 Å². The molecule has 0 N–H and O–H groups in total. The average molecular weight is 288 g/mol. The fourth-order valence-corrected chi connectivity index (χ4v) is 3.18. The maximum Gasteiger partial charge on any atom is 0.253 e. The summed E-state index contributed by atoms with van der Waals surface area (Å²) in [5, 5.41) is 9.27. The van der Waals surface area contributed by atoms with Gasteiger partial charge in [0, 0.05) is 18.7 Å². The highest BCUT2D eigenvalue weighted by atomic mass is 32.2. The minimum Gasteiger partial charge on any atom is -0.338 e. The fraction of sp³-hybridized carbons (Fsp3) is 0.500. The molecule has 1 aromatic carbocycles. The molecule has 0 bridgehead atoms. The number of rotatable bonds is 3. The molecule has 1 aromatic rings. The number of hydrogen-bond donors (Lipinski definition) is 0. The first-order chi connectivity index (χ1) is 9.64. The minimum absolute atomic E-state index is 0.0836. The van der Waals surface area contributed by atoms with Crippen molar-refractivity contribution >= 4 is 17.7 Å². The van der Waals surface area contributed by atoms with Gasteiger partial charge < -0.3 is 4.90 Å². The van der Waals surface area contributed by atoms with Gasteiger partial charge in [-0.3, -0.25) is 4.79 Å². The molecular weight excluding hydrogens is 268 g/mol. The van der Waals surface area contributed by atoms with E-state index in [1.54, 1.807) is 11.8 Å². The molecule has 2 rings (SSSR count). The number of benzene rings is 1. The first-order valence-corrected chi connectivity index (χ1v) is 8.21. The van der Waals surface area contributed by atoms with E-state index in [-0.39, 0.29) is 10.7 Å². The van der Waals surface area contributed by atoms with Crippen LogP contribution >= 0.6 is 11.8 Å². The summed E-state index contributed by atoms with van der Waals surface area (Å²) >= 11 is 1.61. The third kappa shape index (κ3) is 2.99. The van der Waals surface area contributed by atoms with Crippen molar-refractivity contribution in [3.63, 3.8) is 0 Å². The molecule has 0 atom stereocenters. The summed E-state index contributed by atoms with van der Waals surface area (Å²) in [7, 11) is 0. The highest BCUT2D eigenvalue weighted by Gasteiger charge is 2.35. The highest BCUT2D eigenvalue weighted by molar-refractivity contribution is 8.00. The SMILES string of the molecule is CCc1ccc(C(=O)N2CCC(C#N)(SC)CC2)cc1. The Hall–Kier alpha value is -1.47. The molecule has 3 nitrogen and oxygen atoms in total. The Morgan fingerprint density at radius 3 is 2.40 bits per heavy atom. The topological polar surface area (TPSA) is 44.1 Å². The zero-order valence-electron chi connectivity index (χ0n) is 12.1. The van der Waals surface area contributed by atoms with E-state index in [4.69, 9.17) is 0 Å². The molecule has 0 spiro atoms. The average Bonchev–Trinajstić information content (AvgIpc) is 2.54. The fourth-order valence-electron chi connectivity index (χ4n) is 2.50. The molecule has 0 unspecified atom stereocenters. The van der Waals surface area contributed by atoms with E-state index in [1.807, 2.05) is 35.4 Å². The van der Waals surface area contributed by atoms with Gasteiger partial charge in [0.25, 0.3) is 5.91 Å². The predicted molar refractivity (Wildman–Crippen MR) is 82.8 cm³/mol. The molecule has 0 radical (unpaired) electrons. The monoisotopic (exact) mass is 288 g/mol. The molecule has 4 heteroatoms. The smallest absolute Gasteiger partial charge is 0.253 e. The summed E-state index contributed by atoms with van der Waals surface area (Å²) in [4.78, 5) is 14.3. The van der Waals surface area contributed by atoms with Crippen LogP contribution in [0.15, 0.2) is 24.3 Å². The van der Waals surface area contributed by atoms with Gasteiger partial charge >= 0.3 is 0 Å². The van der Waals surface area contributed by atoms with Crippen molar-refractivity contribution in [2.75, 3.05) is 19.3 Å². The molecule has 0 saturated carbocycles. The Kier molecular flexibility index (Phi) is 4.72. The number of amides is 1. The number of thioether (sulfide) groups is 1. The highest BCUT2D eigenvalue weighted by Crippen LogP contribution is 2.34. The lowest BCUT2D eigenvalue weighted by atomic mass is 9.96. The second-order valence-electron chi connectivity index (χ2n) is 5.15. The Bertz CT molecular complexity index is 510. The zero-order valence-corrected chi connectivity index (χ0v) is 12.9. The van der Waals surface area contributed by atoms with Gasteiger partial charge in [-0.25, -0.2) is 0 Å². The minimum atomic E-state index is -0.303. The third-order valence-electron chi connectivity index (χ3n) is 4.06. The van der Waals surface area contributed by atoms with Gasteiger partial charge in [0.15, 0.2) is 0 Å².